The highest BCUT2D eigenvalue weighted by Crippen LogP contribution is 2.27. The molecule has 0 N–H and O–H groups in total. The molecule has 0 aliphatic carbocycles. The summed E-state index contributed by atoms with van der Waals surface area (Å²) < 4.78 is 2.00. The molecule has 144 valence electrons. The Hall–Kier alpha value is -2.85. The predicted octanol–water partition coefficient (Wildman–Crippen LogP) is 3.10. The molecule has 0 spiro atoms. The van der Waals surface area contributed by atoms with Gasteiger partial charge in [0, 0.05) is 5.69 Å². The van der Waals surface area contributed by atoms with Gasteiger partial charge in [-0.25, -0.2) is 9.97 Å². The normalized spacial score (nSPS) is 14.9. The largest absolute Gasteiger partial charge is 0.305 e. The third-order valence-corrected chi connectivity index (χ3v) is 5.38. The lowest BCUT2D eigenvalue weighted by Gasteiger charge is -2.26. The van der Waals surface area contributed by atoms with Crippen molar-refractivity contribution in [2.75, 3.05) is 13.1 Å². The first kappa shape index (κ1) is 18.5. The molecule has 0 saturated carbocycles. The van der Waals surface area contributed by atoms with Crippen molar-refractivity contribution in [3.8, 4) is 5.69 Å². The fraction of sp³-hybridized carbons (Fsp3) is 0.333. The van der Waals surface area contributed by atoms with Crippen LogP contribution in [-0.4, -0.2) is 47.6 Å². The fourth-order valence-corrected chi connectivity index (χ4v) is 3.92. The number of benzene rings is 1. The molecule has 10 heteroatoms. The molecule has 2 aromatic heterocycles. The molecular weight excluding hydrogens is 378 g/mol. The van der Waals surface area contributed by atoms with E-state index in [-0.39, 0.29) is 5.69 Å². The molecule has 28 heavy (non-hydrogen) atoms. The van der Waals surface area contributed by atoms with Crippen LogP contribution < -0.4 is 0 Å². The number of para-hydroxylation sites is 1. The standard InChI is InChI=1S/C18H19N7O2S/c26-25(27)15-11-19-17(20-12-15)28-18-22-21-16(13-23-9-5-2-6-10-23)24(18)14-7-3-1-4-8-14/h1,3-4,7-8,11-12H,2,5-6,9-10,13H2. The van der Waals surface area contributed by atoms with Crippen LogP contribution in [0.25, 0.3) is 5.69 Å². The van der Waals surface area contributed by atoms with Crippen molar-refractivity contribution in [1.29, 1.82) is 0 Å². The van der Waals surface area contributed by atoms with E-state index in [9.17, 15) is 10.1 Å². The van der Waals surface area contributed by atoms with E-state index in [0.29, 0.717) is 10.3 Å². The maximum atomic E-state index is 10.8. The van der Waals surface area contributed by atoms with Crippen molar-refractivity contribution in [3.05, 3.63) is 58.7 Å². The quantitative estimate of drug-likeness (QED) is 0.355. The second-order valence-corrected chi connectivity index (χ2v) is 7.42. The van der Waals surface area contributed by atoms with E-state index in [1.54, 1.807) is 0 Å². The van der Waals surface area contributed by atoms with E-state index in [0.717, 1.165) is 31.1 Å². The van der Waals surface area contributed by atoms with Gasteiger partial charge in [-0.15, -0.1) is 10.2 Å². The summed E-state index contributed by atoms with van der Waals surface area (Å²) in [4.78, 5) is 20.8. The highest BCUT2D eigenvalue weighted by Gasteiger charge is 2.20. The van der Waals surface area contributed by atoms with E-state index in [1.165, 1.54) is 43.4 Å². The topological polar surface area (TPSA) is 103 Å². The highest BCUT2D eigenvalue weighted by atomic mass is 32.2. The van der Waals surface area contributed by atoms with Crippen LogP contribution >= 0.6 is 11.8 Å². The average molecular weight is 397 g/mol. The number of hydrogen-bond donors (Lipinski definition) is 0. The van der Waals surface area contributed by atoms with E-state index in [4.69, 9.17) is 0 Å². The van der Waals surface area contributed by atoms with E-state index in [1.807, 2.05) is 34.9 Å². The summed E-state index contributed by atoms with van der Waals surface area (Å²) in [6.07, 6.45) is 6.09. The summed E-state index contributed by atoms with van der Waals surface area (Å²) in [6.45, 7) is 2.86. The Bertz CT molecular complexity index is 940. The van der Waals surface area contributed by atoms with Gasteiger partial charge in [-0.2, -0.15) is 0 Å². The van der Waals surface area contributed by atoms with Crippen molar-refractivity contribution in [2.45, 2.75) is 36.1 Å². The molecule has 1 aromatic carbocycles. The van der Waals surface area contributed by atoms with Crippen molar-refractivity contribution in [2.24, 2.45) is 0 Å². The second-order valence-electron chi connectivity index (χ2n) is 6.49. The monoisotopic (exact) mass is 397 g/mol. The number of likely N-dealkylation sites (tertiary alicyclic amines) is 1. The van der Waals surface area contributed by atoms with Crippen molar-refractivity contribution in [1.82, 2.24) is 29.6 Å². The molecule has 0 amide bonds. The molecule has 0 atom stereocenters. The van der Waals surface area contributed by atoms with Crippen LogP contribution in [0.3, 0.4) is 0 Å². The molecular formula is C18H19N7O2S. The minimum atomic E-state index is -0.516. The Labute approximate surface area is 166 Å². The van der Waals surface area contributed by atoms with Gasteiger partial charge >= 0.3 is 5.69 Å². The first-order chi connectivity index (χ1) is 13.7. The van der Waals surface area contributed by atoms with Gasteiger partial charge in [-0.05, 0) is 49.8 Å². The van der Waals surface area contributed by atoms with Gasteiger partial charge in [0.15, 0.2) is 11.0 Å². The van der Waals surface area contributed by atoms with Crippen molar-refractivity contribution in [3.63, 3.8) is 0 Å². The minimum Gasteiger partial charge on any atom is -0.296 e. The van der Waals surface area contributed by atoms with Gasteiger partial charge < -0.3 is 0 Å². The van der Waals surface area contributed by atoms with Crippen LogP contribution in [0.1, 0.15) is 25.1 Å². The maximum absolute atomic E-state index is 10.8. The summed E-state index contributed by atoms with van der Waals surface area (Å²) in [5, 5.41) is 20.6. The van der Waals surface area contributed by atoms with Crippen LogP contribution in [0.4, 0.5) is 5.69 Å². The lowest BCUT2D eigenvalue weighted by atomic mass is 10.1. The molecule has 1 aliphatic heterocycles. The van der Waals surface area contributed by atoms with Crippen molar-refractivity contribution < 1.29 is 4.92 Å². The maximum Gasteiger partial charge on any atom is 0.305 e. The lowest BCUT2D eigenvalue weighted by Crippen LogP contribution is -2.30. The summed E-state index contributed by atoms with van der Waals surface area (Å²) in [5.74, 6) is 0.859. The van der Waals surface area contributed by atoms with Gasteiger partial charge in [0.1, 0.15) is 12.4 Å². The molecule has 0 radical (unpaired) electrons. The molecule has 9 nitrogen and oxygen atoms in total. The number of piperidine rings is 1. The van der Waals surface area contributed by atoms with Gasteiger partial charge in [0.25, 0.3) is 0 Å². The SMILES string of the molecule is O=[N+]([O-])c1cnc(Sc2nnc(CN3CCCCC3)n2-c2ccccc2)nc1. The van der Waals surface area contributed by atoms with Gasteiger partial charge in [0.2, 0.25) is 5.16 Å². The first-order valence-corrected chi connectivity index (χ1v) is 9.89. The van der Waals surface area contributed by atoms with E-state index in [2.05, 4.69) is 25.1 Å². The molecule has 1 aliphatic rings. The fourth-order valence-electron chi connectivity index (χ4n) is 3.16. The third kappa shape index (κ3) is 4.18. The second kappa shape index (κ2) is 8.44. The van der Waals surface area contributed by atoms with E-state index < -0.39 is 4.92 Å². The number of nitrogens with zero attached hydrogens (tertiary/aromatic N) is 7. The number of aromatic nitrogens is 5. The summed E-state index contributed by atoms with van der Waals surface area (Å²) >= 11 is 1.24. The van der Waals surface area contributed by atoms with E-state index >= 15 is 0 Å². The summed E-state index contributed by atoms with van der Waals surface area (Å²) in [7, 11) is 0. The van der Waals surface area contributed by atoms with Crippen LogP contribution in [-0.2, 0) is 6.54 Å². The molecule has 1 saturated heterocycles. The Kier molecular flexibility index (Phi) is 5.58. The average Bonchev–Trinajstić information content (AvgIpc) is 3.11. The van der Waals surface area contributed by atoms with Crippen molar-refractivity contribution >= 4 is 17.4 Å². The molecule has 1 fully saturated rings. The van der Waals surface area contributed by atoms with Crippen LogP contribution in [0.15, 0.2) is 53.0 Å². The number of rotatable bonds is 6. The zero-order valence-corrected chi connectivity index (χ0v) is 16.0. The first-order valence-electron chi connectivity index (χ1n) is 9.07. The zero-order chi connectivity index (χ0) is 19.3. The summed E-state index contributed by atoms with van der Waals surface area (Å²) in [5.41, 5.74) is 0.823. The number of nitro groups is 1. The van der Waals surface area contributed by atoms with Crippen LogP contribution in [0.2, 0.25) is 0 Å². The Balaban J connectivity index is 1.63. The molecule has 4 rings (SSSR count). The van der Waals surface area contributed by atoms with Crippen LogP contribution in [0.5, 0.6) is 0 Å². The zero-order valence-electron chi connectivity index (χ0n) is 15.1. The smallest absolute Gasteiger partial charge is 0.296 e. The van der Waals surface area contributed by atoms with Crippen LogP contribution in [0, 0.1) is 10.1 Å². The summed E-state index contributed by atoms with van der Waals surface area (Å²) in [6, 6.07) is 9.91. The van der Waals surface area contributed by atoms with Gasteiger partial charge in [0.05, 0.1) is 11.5 Å². The Morgan fingerprint density at radius 2 is 1.75 bits per heavy atom. The minimum absolute atomic E-state index is 0.139. The highest BCUT2D eigenvalue weighted by molar-refractivity contribution is 7.99. The molecule has 3 heterocycles. The van der Waals surface area contributed by atoms with Gasteiger partial charge in [-0.1, -0.05) is 24.6 Å². The molecule has 0 unspecified atom stereocenters. The lowest BCUT2D eigenvalue weighted by molar-refractivity contribution is -0.385. The third-order valence-electron chi connectivity index (χ3n) is 4.54. The predicted molar refractivity (Wildman–Crippen MR) is 103 cm³/mol. The van der Waals surface area contributed by atoms with Gasteiger partial charge in [-0.3, -0.25) is 19.6 Å². The molecule has 3 aromatic rings. The Morgan fingerprint density at radius 3 is 2.43 bits per heavy atom. The molecule has 0 bridgehead atoms. The Morgan fingerprint density at radius 1 is 1.04 bits per heavy atom. The number of hydrogen-bond acceptors (Lipinski definition) is 8.